The van der Waals surface area contributed by atoms with Gasteiger partial charge in [-0.25, -0.2) is 0 Å². The number of hydrogen-bond acceptors (Lipinski definition) is 2. The van der Waals surface area contributed by atoms with Gasteiger partial charge in [0.25, 0.3) is 5.91 Å². The SMILES string of the molecule is Cl.O=C(NC1CCNC1)c1cccc(Cl)c1Cl. The minimum atomic E-state index is -0.166. The van der Waals surface area contributed by atoms with E-state index in [0.717, 1.165) is 19.5 Å². The highest BCUT2D eigenvalue weighted by Gasteiger charge is 2.19. The third kappa shape index (κ3) is 3.49. The summed E-state index contributed by atoms with van der Waals surface area (Å²) in [7, 11) is 0. The molecule has 1 atom stereocenters. The van der Waals surface area contributed by atoms with E-state index in [0.29, 0.717) is 15.6 Å². The summed E-state index contributed by atoms with van der Waals surface area (Å²) in [6.45, 7) is 1.75. The Kier molecular flexibility index (Phi) is 5.53. The molecule has 2 N–H and O–H groups in total. The van der Waals surface area contributed by atoms with E-state index in [1.165, 1.54) is 0 Å². The second-order valence-corrected chi connectivity index (χ2v) is 4.55. The molecule has 0 spiro atoms. The van der Waals surface area contributed by atoms with Crippen molar-refractivity contribution in [1.29, 1.82) is 0 Å². The summed E-state index contributed by atoms with van der Waals surface area (Å²) < 4.78 is 0. The van der Waals surface area contributed by atoms with Gasteiger partial charge in [0, 0.05) is 12.6 Å². The summed E-state index contributed by atoms with van der Waals surface area (Å²) in [6, 6.07) is 5.24. The van der Waals surface area contributed by atoms with Crippen molar-refractivity contribution in [1.82, 2.24) is 10.6 Å². The second-order valence-electron chi connectivity index (χ2n) is 3.76. The molecule has 1 aliphatic rings. The molecule has 17 heavy (non-hydrogen) atoms. The van der Waals surface area contributed by atoms with Gasteiger partial charge >= 0.3 is 0 Å². The molecule has 2 rings (SSSR count). The highest BCUT2D eigenvalue weighted by atomic mass is 35.5. The van der Waals surface area contributed by atoms with Crippen molar-refractivity contribution in [3.8, 4) is 0 Å². The van der Waals surface area contributed by atoms with Crippen molar-refractivity contribution in [3.05, 3.63) is 33.8 Å². The van der Waals surface area contributed by atoms with Crippen molar-refractivity contribution in [3.63, 3.8) is 0 Å². The minimum Gasteiger partial charge on any atom is -0.348 e. The number of rotatable bonds is 2. The van der Waals surface area contributed by atoms with Crippen LogP contribution in [0.15, 0.2) is 18.2 Å². The molecule has 0 aromatic heterocycles. The van der Waals surface area contributed by atoms with Crippen LogP contribution in [0.1, 0.15) is 16.8 Å². The first-order valence-corrected chi connectivity index (χ1v) is 5.89. The molecule has 0 radical (unpaired) electrons. The molecule has 1 aromatic carbocycles. The van der Waals surface area contributed by atoms with E-state index in [9.17, 15) is 4.79 Å². The average molecular weight is 296 g/mol. The van der Waals surface area contributed by atoms with Gasteiger partial charge in [0.05, 0.1) is 15.6 Å². The number of halogens is 3. The van der Waals surface area contributed by atoms with E-state index in [1.807, 2.05) is 0 Å². The van der Waals surface area contributed by atoms with E-state index in [2.05, 4.69) is 10.6 Å². The summed E-state index contributed by atoms with van der Waals surface area (Å²) in [5, 5.41) is 6.81. The molecule has 1 fully saturated rings. The Labute approximate surface area is 116 Å². The van der Waals surface area contributed by atoms with Crippen LogP contribution in [0.2, 0.25) is 10.0 Å². The third-order valence-corrected chi connectivity index (χ3v) is 3.41. The fraction of sp³-hybridized carbons (Fsp3) is 0.364. The largest absolute Gasteiger partial charge is 0.348 e. The molecule has 0 aliphatic carbocycles. The van der Waals surface area contributed by atoms with Gasteiger partial charge in [0.1, 0.15) is 0 Å². The molecule has 1 amide bonds. The Balaban J connectivity index is 0.00000144. The highest BCUT2D eigenvalue weighted by molar-refractivity contribution is 6.43. The fourth-order valence-electron chi connectivity index (χ4n) is 1.72. The summed E-state index contributed by atoms with van der Waals surface area (Å²) in [5.41, 5.74) is 0.432. The number of amides is 1. The predicted octanol–water partition coefficient (Wildman–Crippen LogP) is 2.51. The minimum absolute atomic E-state index is 0. The normalized spacial score (nSPS) is 18.6. The van der Waals surface area contributed by atoms with Crippen LogP contribution >= 0.6 is 35.6 Å². The van der Waals surface area contributed by atoms with E-state index in [1.54, 1.807) is 18.2 Å². The van der Waals surface area contributed by atoms with Gasteiger partial charge in [-0.3, -0.25) is 4.79 Å². The Morgan fingerprint density at radius 3 is 2.82 bits per heavy atom. The van der Waals surface area contributed by atoms with Crippen molar-refractivity contribution >= 4 is 41.5 Å². The monoisotopic (exact) mass is 294 g/mol. The van der Waals surface area contributed by atoms with Gasteiger partial charge < -0.3 is 10.6 Å². The lowest BCUT2D eigenvalue weighted by atomic mass is 10.2. The van der Waals surface area contributed by atoms with Crippen molar-refractivity contribution in [2.75, 3.05) is 13.1 Å². The molecule has 1 saturated heterocycles. The Morgan fingerprint density at radius 1 is 1.41 bits per heavy atom. The summed E-state index contributed by atoms with van der Waals surface area (Å²) in [5.74, 6) is -0.166. The van der Waals surface area contributed by atoms with E-state index in [4.69, 9.17) is 23.2 Å². The Morgan fingerprint density at radius 2 is 2.18 bits per heavy atom. The standard InChI is InChI=1S/C11H12Cl2N2O.ClH/c12-9-3-1-2-8(10(9)13)11(16)15-7-4-5-14-6-7;/h1-3,7,14H,4-6H2,(H,15,16);1H. The maximum Gasteiger partial charge on any atom is 0.253 e. The van der Waals surface area contributed by atoms with E-state index >= 15 is 0 Å². The summed E-state index contributed by atoms with van der Waals surface area (Å²) >= 11 is 11.8. The lowest BCUT2D eigenvalue weighted by Gasteiger charge is -2.12. The van der Waals surface area contributed by atoms with Crippen molar-refractivity contribution in [2.24, 2.45) is 0 Å². The first-order chi connectivity index (χ1) is 7.68. The molecule has 1 unspecified atom stereocenters. The quantitative estimate of drug-likeness (QED) is 0.880. The number of nitrogens with one attached hydrogen (secondary N) is 2. The van der Waals surface area contributed by atoms with Crippen LogP contribution in [-0.2, 0) is 0 Å². The van der Waals surface area contributed by atoms with Crippen molar-refractivity contribution in [2.45, 2.75) is 12.5 Å². The predicted molar refractivity (Wildman–Crippen MR) is 72.5 cm³/mol. The van der Waals surface area contributed by atoms with Crippen LogP contribution in [0.25, 0.3) is 0 Å². The third-order valence-electron chi connectivity index (χ3n) is 2.59. The zero-order chi connectivity index (χ0) is 11.5. The smallest absolute Gasteiger partial charge is 0.253 e. The molecule has 1 heterocycles. The summed E-state index contributed by atoms with van der Waals surface area (Å²) in [4.78, 5) is 11.9. The molecule has 94 valence electrons. The molecular weight excluding hydrogens is 282 g/mol. The molecule has 1 aromatic rings. The number of carbonyl (C=O) groups is 1. The van der Waals surface area contributed by atoms with Gasteiger partial charge in [0.2, 0.25) is 0 Å². The lowest BCUT2D eigenvalue weighted by Crippen LogP contribution is -2.36. The fourth-order valence-corrected chi connectivity index (χ4v) is 2.11. The van der Waals surface area contributed by atoms with Gasteiger partial charge in [0.15, 0.2) is 0 Å². The van der Waals surface area contributed by atoms with Gasteiger partial charge in [-0.05, 0) is 25.1 Å². The van der Waals surface area contributed by atoms with Gasteiger partial charge in [-0.2, -0.15) is 0 Å². The number of hydrogen-bond donors (Lipinski definition) is 2. The zero-order valence-electron chi connectivity index (χ0n) is 9.00. The molecule has 6 heteroatoms. The first kappa shape index (κ1) is 14.6. The van der Waals surface area contributed by atoms with Crippen LogP contribution in [-0.4, -0.2) is 25.0 Å². The maximum atomic E-state index is 11.9. The van der Waals surface area contributed by atoms with Crippen molar-refractivity contribution < 1.29 is 4.79 Å². The lowest BCUT2D eigenvalue weighted by molar-refractivity contribution is 0.0940. The number of carbonyl (C=O) groups excluding carboxylic acids is 1. The molecule has 1 aliphatic heterocycles. The van der Waals surface area contributed by atoms with Crippen LogP contribution in [0, 0.1) is 0 Å². The second kappa shape index (κ2) is 6.45. The molecule has 0 bridgehead atoms. The summed E-state index contributed by atoms with van der Waals surface area (Å²) in [6.07, 6.45) is 0.948. The van der Waals surface area contributed by atoms with Crippen LogP contribution in [0.4, 0.5) is 0 Å². The highest BCUT2D eigenvalue weighted by Crippen LogP contribution is 2.25. The van der Waals surface area contributed by atoms with E-state index < -0.39 is 0 Å². The van der Waals surface area contributed by atoms with Gasteiger partial charge in [-0.15, -0.1) is 12.4 Å². The Hall–Kier alpha value is -0.480. The van der Waals surface area contributed by atoms with Crippen LogP contribution in [0.3, 0.4) is 0 Å². The van der Waals surface area contributed by atoms with Crippen LogP contribution in [0.5, 0.6) is 0 Å². The zero-order valence-corrected chi connectivity index (χ0v) is 11.3. The maximum absolute atomic E-state index is 11.9. The topological polar surface area (TPSA) is 41.1 Å². The molecule has 3 nitrogen and oxygen atoms in total. The number of benzene rings is 1. The molecule has 0 saturated carbocycles. The van der Waals surface area contributed by atoms with Gasteiger partial charge in [-0.1, -0.05) is 29.3 Å². The van der Waals surface area contributed by atoms with Crippen LogP contribution < -0.4 is 10.6 Å². The first-order valence-electron chi connectivity index (χ1n) is 5.14. The Bertz CT molecular complexity index is 406. The van der Waals surface area contributed by atoms with E-state index in [-0.39, 0.29) is 24.4 Å². The average Bonchev–Trinajstić information content (AvgIpc) is 2.74. The molecular formula is C11H13Cl3N2O.